The van der Waals surface area contributed by atoms with Crippen molar-refractivity contribution >= 4 is 11.9 Å². The number of urea groups is 1. The van der Waals surface area contributed by atoms with Crippen LogP contribution in [0.5, 0.6) is 0 Å². The summed E-state index contributed by atoms with van der Waals surface area (Å²) in [5.41, 5.74) is 0.776. The average Bonchev–Trinajstić information content (AvgIpc) is 3.06. The van der Waals surface area contributed by atoms with Crippen molar-refractivity contribution in [1.29, 1.82) is 0 Å². The van der Waals surface area contributed by atoms with E-state index < -0.39 is 0 Å². The summed E-state index contributed by atoms with van der Waals surface area (Å²) < 4.78 is 0. The number of carbonyl (C=O) groups is 2. The fourth-order valence-corrected chi connectivity index (χ4v) is 5.37. The average molecular weight is 399 g/mol. The van der Waals surface area contributed by atoms with Gasteiger partial charge in [-0.1, -0.05) is 37.5 Å². The van der Waals surface area contributed by atoms with Gasteiger partial charge in [0.15, 0.2) is 0 Å². The molecule has 158 valence electrons. The quantitative estimate of drug-likeness (QED) is 0.848. The minimum Gasteiger partial charge on any atom is -0.338 e. The van der Waals surface area contributed by atoms with Gasteiger partial charge in [-0.2, -0.15) is 0 Å². The molecule has 29 heavy (non-hydrogen) atoms. The van der Waals surface area contributed by atoms with Crippen LogP contribution in [0.15, 0.2) is 30.3 Å². The van der Waals surface area contributed by atoms with Gasteiger partial charge in [-0.15, -0.1) is 0 Å². The van der Waals surface area contributed by atoms with Crippen molar-refractivity contribution in [1.82, 2.24) is 20.0 Å². The van der Waals surface area contributed by atoms with Crippen LogP contribution in [0.2, 0.25) is 0 Å². The van der Waals surface area contributed by atoms with Gasteiger partial charge in [0.05, 0.1) is 0 Å². The Morgan fingerprint density at radius 2 is 1.69 bits per heavy atom. The summed E-state index contributed by atoms with van der Waals surface area (Å²) in [6.45, 7) is 3.96. The van der Waals surface area contributed by atoms with Crippen molar-refractivity contribution < 1.29 is 9.59 Å². The lowest BCUT2D eigenvalue weighted by Gasteiger charge is -2.51. The van der Waals surface area contributed by atoms with E-state index in [2.05, 4.69) is 24.3 Å². The molecule has 1 atom stereocenters. The molecular weight excluding hydrogens is 364 g/mol. The second-order valence-electron chi connectivity index (χ2n) is 9.51. The normalized spacial score (nSPS) is 24.0. The molecule has 6 nitrogen and oxygen atoms in total. The van der Waals surface area contributed by atoms with Crippen LogP contribution in [0, 0.1) is 11.3 Å². The largest absolute Gasteiger partial charge is 0.338 e. The van der Waals surface area contributed by atoms with Gasteiger partial charge in [0.25, 0.3) is 5.91 Å². The van der Waals surface area contributed by atoms with E-state index >= 15 is 0 Å². The molecule has 6 heteroatoms. The van der Waals surface area contributed by atoms with E-state index in [0.29, 0.717) is 12.0 Å². The minimum absolute atomic E-state index is 0.0264. The van der Waals surface area contributed by atoms with Crippen LogP contribution in [0.25, 0.3) is 0 Å². The number of amides is 3. The van der Waals surface area contributed by atoms with Crippen molar-refractivity contribution in [3.05, 3.63) is 35.9 Å². The third-order valence-corrected chi connectivity index (χ3v) is 6.94. The number of rotatable bonds is 4. The van der Waals surface area contributed by atoms with Crippen LogP contribution in [-0.2, 0) is 0 Å². The van der Waals surface area contributed by atoms with Crippen molar-refractivity contribution in [2.75, 3.05) is 46.8 Å². The lowest BCUT2D eigenvalue weighted by atomic mass is 9.71. The van der Waals surface area contributed by atoms with Gasteiger partial charge in [-0.05, 0) is 45.0 Å². The molecule has 2 aliphatic heterocycles. The maximum absolute atomic E-state index is 13.0. The zero-order valence-corrected chi connectivity index (χ0v) is 17.8. The van der Waals surface area contributed by atoms with Crippen molar-refractivity contribution in [3.63, 3.8) is 0 Å². The fourth-order valence-electron chi connectivity index (χ4n) is 5.37. The molecule has 0 bridgehead atoms. The summed E-state index contributed by atoms with van der Waals surface area (Å²) in [4.78, 5) is 31.9. The SMILES string of the molecule is CN(C)CC1CN(C(=O)c2ccccc2)CC12CN(C(=O)NC1CCCCC1)C2. The fraction of sp³-hybridized carbons (Fsp3) is 0.652. The molecule has 1 aromatic carbocycles. The van der Waals surface area contributed by atoms with Crippen LogP contribution in [0.3, 0.4) is 0 Å². The third-order valence-electron chi connectivity index (χ3n) is 6.94. The lowest BCUT2D eigenvalue weighted by Crippen LogP contribution is -2.65. The van der Waals surface area contributed by atoms with Gasteiger partial charge in [0.1, 0.15) is 0 Å². The van der Waals surface area contributed by atoms with Gasteiger partial charge >= 0.3 is 6.03 Å². The first-order chi connectivity index (χ1) is 14.0. The first kappa shape index (κ1) is 20.2. The molecule has 3 fully saturated rings. The molecular formula is C23H34N4O2. The molecule has 3 amide bonds. The Hall–Kier alpha value is -2.08. The number of hydrogen-bond donors (Lipinski definition) is 1. The van der Waals surface area contributed by atoms with E-state index in [-0.39, 0.29) is 17.4 Å². The molecule has 2 heterocycles. The highest BCUT2D eigenvalue weighted by Crippen LogP contribution is 2.44. The Morgan fingerprint density at radius 3 is 2.34 bits per heavy atom. The maximum Gasteiger partial charge on any atom is 0.317 e. The summed E-state index contributed by atoms with van der Waals surface area (Å²) in [6.07, 6.45) is 5.93. The van der Waals surface area contributed by atoms with Gasteiger partial charge in [0.2, 0.25) is 0 Å². The summed E-state index contributed by atoms with van der Waals surface area (Å²) in [5, 5.41) is 3.24. The number of hydrogen-bond acceptors (Lipinski definition) is 3. The van der Waals surface area contributed by atoms with E-state index in [1.54, 1.807) is 0 Å². The molecule has 1 unspecified atom stereocenters. The van der Waals surface area contributed by atoms with Gasteiger partial charge in [0, 0.05) is 49.7 Å². The Balaban J connectivity index is 1.40. The monoisotopic (exact) mass is 398 g/mol. The number of likely N-dealkylation sites (tertiary alicyclic amines) is 2. The molecule has 1 aromatic rings. The molecule has 1 spiro atoms. The van der Waals surface area contributed by atoms with E-state index in [9.17, 15) is 9.59 Å². The Bertz CT molecular complexity index is 724. The van der Waals surface area contributed by atoms with E-state index in [1.165, 1.54) is 19.3 Å². The van der Waals surface area contributed by atoms with Gasteiger partial charge in [-0.25, -0.2) is 4.79 Å². The van der Waals surface area contributed by atoms with E-state index in [0.717, 1.165) is 51.1 Å². The molecule has 2 saturated heterocycles. The standard InChI is InChI=1S/C23H34N4O2/c1-25(2)13-19-14-26(21(28)18-9-5-3-6-10-18)15-23(19)16-27(17-23)22(29)24-20-11-7-4-8-12-20/h3,5-6,9-10,19-20H,4,7-8,11-17H2,1-2H3,(H,24,29). The van der Waals surface area contributed by atoms with Crippen LogP contribution >= 0.6 is 0 Å². The van der Waals surface area contributed by atoms with Crippen molar-refractivity contribution in [3.8, 4) is 0 Å². The summed E-state index contributed by atoms with van der Waals surface area (Å²) in [5.74, 6) is 0.500. The molecule has 0 radical (unpaired) electrons. The second-order valence-corrected chi connectivity index (χ2v) is 9.51. The van der Waals surface area contributed by atoms with Crippen molar-refractivity contribution in [2.45, 2.75) is 38.1 Å². The molecule has 1 aliphatic carbocycles. The molecule has 4 rings (SSSR count). The Labute approximate surface area is 174 Å². The predicted molar refractivity (Wildman–Crippen MR) is 114 cm³/mol. The highest BCUT2D eigenvalue weighted by molar-refractivity contribution is 5.94. The number of nitrogens with one attached hydrogen (secondary N) is 1. The zero-order chi connectivity index (χ0) is 20.4. The topological polar surface area (TPSA) is 55.9 Å². The van der Waals surface area contributed by atoms with E-state index in [1.807, 2.05) is 40.1 Å². The second kappa shape index (κ2) is 8.34. The van der Waals surface area contributed by atoms with Crippen molar-refractivity contribution in [2.24, 2.45) is 11.3 Å². The number of carbonyl (C=O) groups excluding carboxylic acids is 2. The smallest absolute Gasteiger partial charge is 0.317 e. The maximum atomic E-state index is 13.0. The summed E-state index contributed by atoms with van der Waals surface area (Å²) >= 11 is 0. The zero-order valence-electron chi connectivity index (χ0n) is 17.8. The number of benzene rings is 1. The molecule has 3 aliphatic rings. The van der Waals surface area contributed by atoms with Gasteiger partial charge in [-0.3, -0.25) is 4.79 Å². The predicted octanol–water partition coefficient (Wildman–Crippen LogP) is 2.66. The Kier molecular flexibility index (Phi) is 5.81. The first-order valence-electron chi connectivity index (χ1n) is 11.0. The van der Waals surface area contributed by atoms with Gasteiger partial charge < -0.3 is 20.0 Å². The van der Waals surface area contributed by atoms with Crippen LogP contribution in [0.1, 0.15) is 42.5 Å². The Morgan fingerprint density at radius 1 is 1.03 bits per heavy atom. The first-order valence-corrected chi connectivity index (χ1v) is 11.0. The molecule has 0 aromatic heterocycles. The highest BCUT2D eigenvalue weighted by Gasteiger charge is 2.56. The van der Waals surface area contributed by atoms with E-state index in [4.69, 9.17) is 0 Å². The third kappa shape index (κ3) is 4.27. The minimum atomic E-state index is 0.0264. The molecule has 1 N–H and O–H groups in total. The van der Waals surface area contributed by atoms with Crippen LogP contribution < -0.4 is 5.32 Å². The van der Waals surface area contributed by atoms with Crippen LogP contribution in [0.4, 0.5) is 4.79 Å². The summed E-state index contributed by atoms with van der Waals surface area (Å²) in [6, 6.07) is 9.96. The number of nitrogens with zero attached hydrogens (tertiary/aromatic N) is 3. The molecule has 1 saturated carbocycles. The van der Waals surface area contributed by atoms with Crippen LogP contribution in [-0.4, -0.2) is 79.5 Å². The lowest BCUT2D eigenvalue weighted by molar-refractivity contribution is 0.000196. The highest BCUT2D eigenvalue weighted by atomic mass is 16.2. The summed E-state index contributed by atoms with van der Waals surface area (Å²) in [7, 11) is 4.17.